The van der Waals surface area contributed by atoms with Gasteiger partial charge in [-0.05, 0) is 21.8 Å². The monoisotopic (exact) mass is 721 g/mol. The van der Waals surface area contributed by atoms with E-state index in [-0.39, 0.29) is 23.8 Å². The molecule has 2 N–H and O–H groups in total. The molecular weight excluding hydrogens is 662 g/mol. The molecule has 0 aliphatic rings. The zero-order valence-electron chi connectivity index (χ0n) is 30.2. The number of carboxylic acids is 1. The summed E-state index contributed by atoms with van der Waals surface area (Å²) in [6.45, 7) is 14.5. The first kappa shape index (κ1) is 43.4. The van der Waals surface area contributed by atoms with Gasteiger partial charge >= 0.3 is 5.97 Å². The van der Waals surface area contributed by atoms with Gasteiger partial charge < -0.3 is 48.0 Å². The summed E-state index contributed by atoms with van der Waals surface area (Å²) in [6.07, 6.45) is 0.481. The molecule has 50 heavy (non-hydrogen) atoms. The van der Waals surface area contributed by atoms with Crippen molar-refractivity contribution < 1.29 is 52.3 Å². The largest absolute Gasteiger partial charge is 0.481 e. The van der Waals surface area contributed by atoms with Crippen molar-refractivity contribution in [2.75, 3.05) is 106 Å². The van der Waals surface area contributed by atoms with Crippen molar-refractivity contribution in [3.63, 3.8) is 0 Å². The van der Waals surface area contributed by atoms with Crippen LogP contribution in [0, 0.1) is 0 Å². The predicted octanol–water partition coefficient (Wildman–Crippen LogP) is 3.05. The number of rotatable bonds is 31. The van der Waals surface area contributed by atoms with Crippen LogP contribution < -0.4 is 15.7 Å². The molecule has 12 nitrogen and oxygen atoms in total. The standard InChI is InChI=1S/C37H59NO11Si/c1-37(2,3)50(33-11-6-4-7-12-33,34-13-8-5-9-14-34)49-32-31-48-30-29-47-28-27-46-26-25-45-24-23-44-22-21-43-20-19-42-18-10-17-38-35(39)15-16-36(40)41/h4-9,11-14H,10,15-32H2,1-3H3,(H,38,39)(H,40,41). The van der Waals surface area contributed by atoms with Crippen molar-refractivity contribution in [2.24, 2.45) is 0 Å². The van der Waals surface area contributed by atoms with Crippen LogP contribution in [-0.2, 0) is 47.2 Å². The van der Waals surface area contributed by atoms with Crippen LogP contribution in [0.5, 0.6) is 0 Å². The third kappa shape index (κ3) is 18.5. The van der Waals surface area contributed by atoms with E-state index in [0.29, 0.717) is 112 Å². The van der Waals surface area contributed by atoms with E-state index in [1.165, 1.54) is 10.4 Å². The minimum absolute atomic E-state index is 0.00894. The molecule has 0 aromatic heterocycles. The lowest BCUT2D eigenvalue weighted by atomic mass is 10.2. The van der Waals surface area contributed by atoms with Crippen molar-refractivity contribution >= 4 is 30.6 Å². The number of carbonyl (C=O) groups is 2. The van der Waals surface area contributed by atoms with Crippen LogP contribution >= 0.6 is 0 Å². The smallest absolute Gasteiger partial charge is 0.303 e. The van der Waals surface area contributed by atoms with Crippen molar-refractivity contribution in [1.29, 1.82) is 0 Å². The van der Waals surface area contributed by atoms with Crippen molar-refractivity contribution in [2.45, 2.75) is 45.1 Å². The summed E-state index contributed by atoms with van der Waals surface area (Å²) in [5.41, 5.74) is 0. The molecule has 0 unspecified atom stereocenters. The van der Waals surface area contributed by atoms with Crippen LogP contribution in [0.2, 0.25) is 5.04 Å². The number of hydrogen-bond acceptors (Lipinski definition) is 10. The van der Waals surface area contributed by atoms with Gasteiger partial charge in [-0.2, -0.15) is 0 Å². The fourth-order valence-electron chi connectivity index (χ4n) is 5.15. The van der Waals surface area contributed by atoms with E-state index in [1.54, 1.807) is 0 Å². The SMILES string of the molecule is CC(C)(C)[Si](OCCOCCOCCOCCOCCOCCOCCOCCCNC(=O)CCC(=O)O)(c1ccccc1)c1ccccc1. The highest BCUT2D eigenvalue weighted by Gasteiger charge is 2.50. The van der Waals surface area contributed by atoms with Crippen LogP contribution in [0.25, 0.3) is 0 Å². The van der Waals surface area contributed by atoms with Crippen LogP contribution in [0.3, 0.4) is 0 Å². The van der Waals surface area contributed by atoms with Gasteiger partial charge in [0.15, 0.2) is 0 Å². The molecule has 0 heterocycles. The Morgan fingerprint density at radius 3 is 1.28 bits per heavy atom. The molecule has 1 amide bonds. The number of ether oxygens (including phenoxy) is 7. The summed E-state index contributed by atoms with van der Waals surface area (Å²) in [5.74, 6) is -1.25. The maximum Gasteiger partial charge on any atom is 0.303 e. The number of aliphatic carboxylic acids is 1. The van der Waals surface area contributed by atoms with Gasteiger partial charge in [-0.1, -0.05) is 81.4 Å². The number of carbonyl (C=O) groups excluding carboxylic acids is 1. The zero-order valence-corrected chi connectivity index (χ0v) is 31.2. The molecule has 0 saturated heterocycles. The second-order valence-corrected chi connectivity index (χ2v) is 16.7. The zero-order chi connectivity index (χ0) is 36.2. The Bertz CT molecular complexity index is 1100. The molecule has 0 aliphatic carbocycles. The lowest BCUT2D eigenvalue weighted by Crippen LogP contribution is -2.66. The molecule has 13 heteroatoms. The Balaban J connectivity index is 1.36. The van der Waals surface area contributed by atoms with E-state index in [1.807, 2.05) is 12.1 Å². The molecule has 0 saturated carbocycles. The van der Waals surface area contributed by atoms with E-state index in [4.69, 9.17) is 42.7 Å². The van der Waals surface area contributed by atoms with Gasteiger partial charge in [0.1, 0.15) is 0 Å². The quantitative estimate of drug-likeness (QED) is 0.0878. The van der Waals surface area contributed by atoms with Crippen molar-refractivity contribution in [1.82, 2.24) is 5.32 Å². The second kappa shape index (κ2) is 27.0. The third-order valence-corrected chi connectivity index (χ3v) is 12.6. The van der Waals surface area contributed by atoms with E-state index in [9.17, 15) is 9.59 Å². The molecule has 0 bridgehead atoms. The number of carboxylic acid groups (broad SMARTS) is 1. The number of amides is 1. The highest BCUT2D eigenvalue weighted by Crippen LogP contribution is 2.36. The van der Waals surface area contributed by atoms with Gasteiger partial charge in [-0.15, -0.1) is 0 Å². The number of hydrogen-bond donors (Lipinski definition) is 2. The van der Waals surface area contributed by atoms with Gasteiger partial charge in [-0.3, -0.25) is 9.59 Å². The fourth-order valence-corrected chi connectivity index (χ4v) is 9.69. The summed E-state index contributed by atoms with van der Waals surface area (Å²) >= 11 is 0. The van der Waals surface area contributed by atoms with Crippen LogP contribution in [-0.4, -0.2) is 131 Å². The minimum atomic E-state index is -2.55. The summed E-state index contributed by atoms with van der Waals surface area (Å²) in [5, 5.41) is 13.7. The van der Waals surface area contributed by atoms with E-state index in [2.05, 4.69) is 74.6 Å². The molecule has 0 radical (unpaired) electrons. The topological polar surface area (TPSA) is 140 Å². The predicted molar refractivity (Wildman–Crippen MR) is 194 cm³/mol. The van der Waals surface area contributed by atoms with E-state index in [0.717, 1.165) is 0 Å². The van der Waals surface area contributed by atoms with Crippen LogP contribution in [0.1, 0.15) is 40.0 Å². The van der Waals surface area contributed by atoms with Crippen LogP contribution in [0.15, 0.2) is 60.7 Å². The summed E-state index contributed by atoms with van der Waals surface area (Å²) in [7, 11) is -2.55. The first-order valence-electron chi connectivity index (χ1n) is 17.5. The molecular formula is C37H59NO11Si. The molecule has 0 aliphatic heterocycles. The lowest BCUT2D eigenvalue weighted by molar-refractivity contribution is -0.138. The van der Waals surface area contributed by atoms with Crippen molar-refractivity contribution in [3.05, 3.63) is 60.7 Å². The maximum absolute atomic E-state index is 11.4. The number of nitrogens with one attached hydrogen (secondary N) is 1. The van der Waals surface area contributed by atoms with Gasteiger partial charge in [-0.25, -0.2) is 0 Å². The van der Waals surface area contributed by atoms with Gasteiger partial charge in [0.25, 0.3) is 8.32 Å². The first-order chi connectivity index (χ1) is 24.3. The van der Waals surface area contributed by atoms with Gasteiger partial charge in [0, 0.05) is 19.6 Å². The molecule has 2 aromatic carbocycles. The molecule has 2 rings (SSSR count). The highest BCUT2D eigenvalue weighted by molar-refractivity contribution is 6.99. The molecule has 282 valence electrons. The Labute approximate surface area is 299 Å². The summed E-state index contributed by atoms with van der Waals surface area (Å²) < 4.78 is 45.7. The number of benzene rings is 2. The summed E-state index contributed by atoms with van der Waals surface area (Å²) in [4.78, 5) is 21.8. The third-order valence-electron chi connectivity index (χ3n) is 7.55. The minimum Gasteiger partial charge on any atom is -0.481 e. The maximum atomic E-state index is 11.4. The molecule has 2 aromatic rings. The average Bonchev–Trinajstić information content (AvgIpc) is 3.10. The Morgan fingerprint density at radius 2 is 0.920 bits per heavy atom. The lowest BCUT2D eigenvalue weighted by Gasteiger charge is -2.43. The fraction of sp³-hybridized carbons (Fsp3) is 0.622. The Hall–Kier alpha value is -2.72. The molecule has 0 atom stereocenters. The van der Waals surface area contributed by atoms with E-state index >= 15 is 0 Å². The van der Waals surface area contributed by atoms with Gasteiger partial charge in [0.2, 0.25) is 5.91 Å². The van der Waals surface area contributed by atoms with Gasteiger partial charge in [0.05, 0.1) is 98.9 Å². The van der Waals surface area contributed by atoms with Crippen LogP contribution in [0.4, 0.5) is 0 Å². The first-order valence-corrected chi connectivity index (χ1v) is 19.5. The Kier molecular flexibility index (Phi) is 23.5. The normalized spacial score (nSPS) is 11.9. The van der Waals surface area contributed by atoms with Crippen molar-refractivity contribution in [3.8, 4) is 0 Å². The van der Waals surface area contributed by atoms with E-state index < -0.39 is 14.3 Å². The summed E-state index contributed by atoms with van der Waals surface area (Å²) in [6, 6.07) is 21.2. The molecule has 0 spiro atoms. The Morgan fingerprint density at radius 1 is 0.560 bits per heavy atom. The molecule has 0 fully saturated rings. The highest BCUT2D eigenvalue weighted by atomic mass is 28.4. The average molecular weight is 722 g/mol. The second-order valence-electron chi connectivity index (χ2n) is 12.4.